The van der Waals surface area contributed by atoms with E-state index < -0.39 is 0 Å². The van der Waals surface area contributed by atoms with Crippen LogP contribution in [0.25, 0.3) is 11.7 Å². The lowest BCUT2D eigenvalue weighted by Gasteiger charge is -2.32. The van der Waals surface area contributed by atoms with Crippen LogP contribution < -0.4 is 10.5 Å². The van der Waals surface area contributed by atoms with Crippen LogP contribution in [0.2, 0.25) is 0 Å². The average Bonchev–Trinajstić information content (AvgIpc) is 3.14. The molecule has 1 amide bonds. The molecule has 174 valence electrons. The van der Waals surface area contributed by atoms with Crippen molar-refractivity contribution >= 4 is 51.7 Å². The molecule has 1 atom stereocenters. The van der Waals surface area contributed by atoms with Crippen LogP contribution in [0, 0.1) is 5.92 Å². The van der Waals surface area contributed by atoms with Gasteiger partial charge in [-0.05, 0) is 49.5 Å². The fourth-order valence-corrected chi connectivity index (χ4v) is 5.90. The van der Waals surface area contributed by atoms with E-state index in [1.807, 2.05) is 55.5 Å². The van der Waals surface area contributed by atoms with Gasteiger partial charge in [-0.1, -0.05) is 67.3 Å². The van der Waals surface area contributed by atoms with Gasteiger partial charge >= 0.3 is 0 Å². The number of rotatable bonds is 4. The molecule has 2 fully saturated rings. The first kappa shape index (κ1) is 22.8. The zero-order chi connectivity index (χ0) is 23.8. The third-order valence-electron chi connectivity index (χ3n) is 6.60. The standard InChI is InChI=1S/C26H26N4O2S2/c1-17-11-14-28(15-12-17)23-20(24(31)29-13-7-6-10-22(29)27-23)16-21-25(32)30(26(33)34-21)18(2)19-8-4-3-5-9-19/h3-10,13,16-18H,11-12,14-15H2,1-2H3/b21-16-/t18-/m1/s1. The molecule has 0 N–H and O–H groups in total. The summed E-state index contributed by atoms with van der Waals surface area (Å²) in [5, 5.41) is 0. The number of benzene rings is 1. The Morgan fingerprint density at radius 1 is 1.09 bits per heavy atom. The highest BCUT2D eigenvalue weighted by Gasteiger charge is 2.36. The molecule has 0 spiro atoms. The number of carbonyl (C=O) groups is 1. The smallest absolute Gasteiger partial charge is 0.267 e. The lowest BCUT2D eigenvalue weighted by Crippen LogP contribution is -2.36. The van der Waals surface area contributed by atoms with Gasteiger partial charge in [0.25, 0.3) is 11.5 Å². The molecule has 2 aromatic heterocycles. The van der Waals surface area contributed by atoms with Crippen molar-refractivity contribution < 1.29 is 4.79 Å². The van der Waals surface area contributed by atoms with Crippen LogP contribution in [0.3, 0.4) is 0 Å². The largest absolute Gasteiger partial charge is 0.356 e. The van der Waals surface area contributed by atoms with Crippen LogP contribution in [-0.4, -0.2) is 37.6 Å². The van der Waals surface area contributed by atoms with E-state index in [-0.39, 0.29) is 17.5 Å². The number of amides is 1. The van der Waals surface area contributed by atoms with Gasteiger partial charge < -0.3 is 4.90 Å². The zero-order valence-corrected chi connectivity index (χ0v) is 20.8. The lowest BCUT2D eigenvalue weighted by atomic mass is 9.99. The van der Waals surface area contributed by atoms with Gasteiger partial charge in [0.05, 0.1) is 16.5 Å². The monoisotopic (exact) mass is 490 g/mol. The molecule has 5 rings (SSSR count). The van der Waals surface area contributed by atoms with Gasteiger partial charge in [-0.3, -0.25) is 18.9 Å². The van der Waals surface area contributed by atoms with E-state index in [9.17, 15) is 9.59 Å². The van der Waals surface area contributed by atoms with Crippen molar-refractivity contribution in [2.75, 3.05) is 18.0 Å². The topological polar surface area (TPSA) is 57.9 Å². The Morgan fingerprint density at radius 3 is 2.53 bits per heavy atom. The van der Waals surface area contributed by atoms with Crippen molar-refractivity contribution in [3.63, 3.8) is 0 Å². The fourth-order valence-electron chi connectivity index (χ4n) is 4.50. The summed E-state index contributed by atoms with van der Waals surface area (Å²) in [6.45, 7) is 5.89. The molecule has 2 saturated heterocycles. The summed E-state index contributed by atoms with van der Waals surface area (Å²) in [5.74, 6) is 1.11. The summed E-state index contributed by atoms with van der Waals surface area (Å²) in [4.78, 5) is 36.1. The van der Waals surface area contributed by atoms with Gasteiger partial charge in [0.2, 0.25) is 0 Å². The highest BCUT2D eigenvalue weighted by Crippen LogP contribution is 2.38. The number of carbonyl (C=O) groups excluding carboxylic acids is 1. The van der Waals surface area contributed by atoms with Crippen molar-refractivity contribution in [1.82, 2.24) is 14.3 Å². The summed E-state index contributed by atoms with van der Waals surface area (Å²) < 4.78 is 2.03. The van der Waals surface area contributed by atoms with Gasteiger partial charge in [0.1, 0.15) is 15.8 Å². The number of nitrogens with zero attached hydrogens (tertiary/aromatic N) is 4. The predicted octanol–water partition coefficient (Wildman–Crippen LogP) is 4.89. The minimum atomic E-state index is -0.196. The molecule has 4 heterocycles. The fraction of sp³-hybridized carbons (Fsp3) is 0.308. The molecule has 0 bridgehead atoms. The lowest BCUT2D eigenvalue weighted by molar-refractivity contribution is -0.123. The molecule has 34 heavy (non-hydrogen) atoms. The Hall–Kier alpha value is -2.97. The molecule has 3 aromatic rings. The van der Waals surface area contributed by atoms with E-state index in [0.29, 0.717) is 32.2 Å². The van der Waals surface area contributed by atoms with Crippen LogP contribution in [0.5, 0.6) is 0 Å². The van der Waals surface area contributed by atoms with Crippen molar-refractivity contribution in [1.29, 1.82) is 0 Å². The normalized spacial score (nSPS) is 19.4. The quantitative estimate of drug-likeness (QED) is 0.383. The van der Waals surface area contributed by atoms with Gasteiger partial charge in [0.15, 0.2) is 0 Å². The molecule has 8 heteroatoms. The number of fused-ring (bicyclic) bond motifs is 1. The number of pyridine rings is 1. The van der Waals surface area contributed by atoms with Crippen LogP contribution in [0.1, 0.15) is 43.9 Å². The molecule has 2 aliphatic rings. The highest BCUT2D eigenvalue weighted by atomic mass is 32.2. The van der Waals surface area contributed by atoms with Gasteiger partial charge in [-0.25, -0.2) is 4.98 Å². The maximum atomic E-state index is 13.6. The number of thioether (sulfide) groups is 1. The Balaban J connectivity index is 1.57. The van der Waals surface area contributed by atoms with E-state index in [1.165, 1.54) is 16.2 Å². The van der Waals surface area contributed by atoms with Gasteiger partial charge in [0, 0.05) is 19.3 Å². The molecular weight excluding hydrogens is 464 g/mol. The maximum Gasteiger partial charge on any atom is 0.267 e. The third kappa shape index (κ3) is 4.16. The number of hydrogen-bond acceptors (Lipinski definition) is 6. The molecule has 2 aliphatic heterocycles. The molecule has 0 saturated carbocycles. The van der Waals surface area contributed by atoms with Crippen molar-refractivity contribution in [3.8, 4) is 0 Å². The van der Waals surface area contributed by atoms with E-state index in [1.54, 1.807) is 17.2 Å². The van der Waals surface area contributed by atoms with Crippen LogP contribution in [0.15, 0.2) is 64.4 Å². The Kier molecular flexibility index (Phi) is 6.27. The minimum Gasteiger partial charge on any atom is -0.356 e. The summed E-state index contributed by atoms with van der Waals surface area (Å²) in [5.41, 5.74) is 1.87. The number of thiocarbonyl (C=S) groups is 1. The third-order valence-corrected chi connectivity index (χ3v) is 7.93. The summed E-state index contributed by atoms with van der Waals surface area (Å²) in [6, 6.07) is 15.1. The SMILES string of the molecule is CC1CCN(c2nc3ccccn3c(=O)c2/C=C2\SC(=S)N([C@H](C)c3ccccc3)C2=O)CC1. The highest BCUT2D eigenvalue weighted by molar-refractivity contribution is 8.26. The van der Waals surface area contributed by atoms with Gasteiger partial charge in [-0.15, -0.1) is 0 Å². The second-order valence-electron chi connectivity index (χ2n) is 8.89. The number of aromatic nitrogens is 2. The molecule has 0 aliphatic carbocycles. The van der Waals surface area contributed by atoms with Crippen molar-refractivity contribution in [2.45, 2.75) is 32.7 Å². The first-order chi connectivity index (χ1) is 16.4. The van der Waals surface area contributed by atoms with E-state index in [0.717, 1.165) is 31.5 Å². The number of piperidine rings is 1. The predicted molar refractivity (Wildman–Crippen MR) is 142 cm³/mol. The van der Waals surface area contributed by atoms with E-state index in [2.05, 4.69) is 11.8 Å². The zero-order valence-electron chi connectivity index (χ0n) is 19.2. The molecule has 1 aromatic carbocycles. The summed E-state index contributed by atoms with van der Waals surface area (Å²) in [7, 11) is 0. The minimum absolute atomic E-state index is 0.179. The first-order valence-electron chi connectivity index (χ1n) is 11.5. The first-order valence-corrected chi connectivity index (χ1v) is 12.7. The molecule has 0 unspecified atom stereocenters. The number of anilines is 1. The summed E-state index contributed by atoms with van der Waals surface area (Å²) >= 11 is 6.83. The molecule has 0 radical (unpaired) electrons. The van der Waals surface area contributed by atoms with Crippen molar-refractivity contribution in [2.24, 2.45) is 5.92 Å². The van der Waals surface area contributed by atoms with Crippen LogP contribution in [0.4, 0.5) is 5.82 Å². The van der Waals surface area contributed by atoms with Crippen LogP contribution >= 0.6 is 24.0 Å². The number of hydrogen-bond donors (Lipinski definition) is 0. The maximum absolute atomic E-state index is 13.6. The molecular formula is C26H26N4O2S2. The Morgan fingerprint density at radius 2 is 1.79 bits per heavy atom. The second kappa shape index (κ2) is 9.35. The van der Waals surface area contributed by atoms with E-state index in [4.69, 9.17) is 17.2 Å². The Bertz CT molecular complexity index is 1340. The van der Waals surface area contributed by atoms with Crippen LogP contribution in [-0.2, 0) is 4.79 Å². The summed E-state index contributed by atoms with van der Waals surface area (Å²) in [6.07, 6.45) is 5.50. The van der Waals surface area contributed by atoms with Gasteiger partial charge in [-0.2, -0.15) is 0 Å². The average molecular weight is 491 g/mol. The van der Waals surface area contributed by atoms with E-state index >= 15 is 0 Å². The molecule has 6 nitrogen and oxygen atoms in total. The second-order valence-corrected chi connectivity index (χ2v) is 10.6. The Labute approximate surface area is 208 Å². The van der Waals surface area contributed by atoms with Crippen molar-refractivity contribution in [3.05, 3.63) is 81.1 Å².